The zero-order valence-electron chi connectivity index (χ0n) is 16.7. The largest absolute Gasteiger partial charge is 0.467 e. The fourth-order valence-electron chi connectivity index (χ4n) is 2.82. The van der Waals surface area contributed by atoms with Crippen LogP contribution in [0.25, 0.3) is 10.9 Å². The molecule has 28 heavy (non-hydrogen) atoms. The Kier molecular flexibility index (Phi) is 8.04. The molecule has 8 heteroatoms. The van der Waals surface area contributed by atoms with Crippen molar-refractivity contribution in [2.45, 2.75) is 51.4 Å². The van der Waals surface area contributed by atoms with Crippen LogP contribution in [0.2, 0.25) is 0 Å². The Labute approximate surface area is 168 Å². The highest BCUT2D eigenvalue weighted by Crippen LogP contribution is 2.18. The van der Waals surface area contributed by atoms with Gasteiger partial charge < -0.3 is 10.1 Å². The number of fused-ring (bicyclic) bond motifs is 1. The van der Waals surface area contributed by atoms with Crippen molar-refractivity contribution in [3.63, 3.8) is 0 Å². The van der Waals surface area contributed by atoms with Gasteiger partial charge in [-0.15, -0.1) is 0 Å². The summed E-state index contributed by atoms with van der Waals surface area (Å²) in [5.41, 5.74) is 0.497. The maximum atomic E-state index is 12.8. The third-order valence-electron chi connectivity index (χ3n) is 4.59. The lowest BCUT2D eigenvalue weighted by Gasteiger charge is -2.21. The van der Waals surface area contributed by atoms with Gasteiger partial charge in [0.15, 0.2) is 5.16 Å². The van der Waals surface area contributed by atoms with Crippen molar-refractivity contribution in [2.75, 3.05) is 12.9 Å². The molecule has 0 aliphatic carbocycles. The highest BCUT2D eigenvalue weighted by Gasteiger charge is 2.26. The van der Waals surface area contributed by atoms with Crippen LogP contribution in [0.3, 0.4) is 0 Å². The maximum absolute atomic E-state index is 12.8. The summed E-state index contributed by atoms with van der Waals surface area (Å²) in [7, 11) is 1.31. The number of carbonyl (C=O) groups is 2. The van der Waals surface area contributed by atoms with Crippen molar-refractivity contribution in [1.29, 1.82) is 0 Å². The van der Waals surface area contributed by atoms with E-state index in [1.54, 1.807) is 16.7 Å². The van der Waals surface area contributed by atoms with Crippen LogP contribution in [0.5, 0.6) is 0 Å². The fraction of sp³-hybridized carbons (Fsp3) is 0.500. The van der Waals surface area contributed by atoms with Crippen LogP contribution in [-0.4, -0.2) is 40.3 Å². The van der Waals surface area contributed by atoms with E-state index < -0.39 is 12.0 Å². The van der Waals surface area contributed by atoms with Crippen molar-refractivity contribution >= 4 is 34.5 Å². The van der Waals surface area contributed by atoms with Gasteiger partial charge in [-0.1, -0.05) is 51.1 Å². The summed E-state index contributed by atoms with van der Waals surface area (Å²) < 4.78 is 6.40. The van der Waals surface area contributed by atoms with Gasteiger partial charge in [0.1, 0.15) is 6.04 Å². The number of nitrogens with one attached hydrogen (secondary N) is 1. The van der Waals surface area contributed by atoms with E-state index in [2.05, 4.69) is 10.3 Å². The summed E-state index contributed by atoms with van der Waals surface area (Å²) in [4.78, 5) is 41.7. The Hall–Kier alpha value is -2.35. The molecule has 0 saturated heterocycles. The molecule has 0 aliphatic rings. The first-order valence-corrected chi connectivity index (χ1v) is 10.4. The van der Waals surface area contributed by atoms with E-state index in [-0.39, 0.29) is 23.1 Å². The van der Waals surface area contributed by atoms with Crippen LogP contribution in [0.15, 0.2) is 34.2 Å². The molecule has 0 aliphatic heterocycles. The zero-order valence-corrected chi connectivity index (χ0v) is 17.5. The lowest BCUT2D eigenvalue weighted by molar-refractivity contribution is -0.146. The lowest BCUT2D eigenvalue weighted by Crippen LogP contribution is -2.46. The Bertz CT molecular complexity index is 897. The molecular weight excluding hydrogens is 378 g/mol. The SMILES string of the molecule is CCCn1c(SCC(=O)N[C@@H](C(=O)OC)[C@@H](C)CC)nc2ccccc2c1=O. The molecule has 2 rings (SSSR count). The molecule has 0 unspecified atom stereocenters. The van der Waals surface area contributed by atoms with Crippen molar-refractivity contribution in [3.05, 3.63) is 34.6 Å². The van der Waals surface area contributed by atoms with Gasteiger partial charge in [-0.3, -0.25) is 14.2 Å². The number of carbonyl (C=O) groups excluding carboxylic acids is 2. The number of nitrogens with zero attached hydrogens (tertiary/aromatic N) is 2. The number of amides is 1. The van der Waals surface area contributed by atoms with E-state index in [1.807, 2.05) is 32.9 Å². The number of aromatic nitrogens is 2. The fourth-order valence-corrected chi connectivity index (χ4v) is 3.66. The van der Waals surface area contributed by atoms with E-state index in [9.17, 15) is 14.4 Å². The number of ether oxygens (including phenoxy) is 1. The molecule has 152 valence electrons. The van der Waals surface area contributed by atoms with E-state index >= 15 is 0 Å². The summed E-state index contributed by atoms with van der Waals surface area (Å²) in [6.45, 7) is 6.34. The summed E-state index contributed by atoms with van der Waals surface area (Å²) in [6, 6.07) is 6.49. The van der Waals surface area contributed by atoms with Crippen LogP contribution in [0, 0.1) is 5.92 Å². The van der Waals surface area contributed by atoms with Crippen molar-refractivity contribution in [2.24, 2.45) is 5.92 Å². The molecule has 0 saturated carbocycles. The monoisotopic (exact) mass is 405 g/mol. The molecule has 7 nitrogen and oxygen atoms in total. The molecule has 0 radical (unpaired) electrons. The van der Waals surface area contributed by atoms with Gasteiger partial charge in [0.05, 0.1) is 23.8 Å². The van der Waals surface area contributed by atoms with Crippen LogP contribution < -0.4 is 10.9 Å². The molecular formula is C20H27N3O4S. The Morgan fingerprint density at radius 3 is 2.64 bits per heavy atom. The second-order valence-corrected chi connectivity index (χ2v) is 7.55. The first-order valence-electron chi connectivity index (χ1n) is 9.42. The van der Waals surface area contributed by atoms with E-state index in [0.29, 0.717) is 22.6 Å². The predicted molar refractivity (Wildman–Crippen MR) is 110 cm³/mol. The lowest BCUT2D eigenvalue weighted by atomic mass is 9.99. The topological polar surface area (TPSA) is 90.3 Å². The molecule has 1 aromatic heterocycles. The van der Waals surface area contributed by atoms with Gasteiger partial charge in [-0.2, -0.15) is 0 Å². The Morgan fingerprint density at radius 2 is 2.00 bits per heavy atom. The number of methoxy groups -OCH3 is 1. The number of esters is 1. The quantitative estimate of drug-likeness (QED) is 0.392. The predicted octanol–water partition coefficient (Wildman–Crippen LogP) is 2.60. The highest BCUT2D eigenvalue weighted by atomic mass is 32.2. The number of rotatable bonds is 9. The minimum absolute atomic E-state index is 0.0431. The first kappa shape index (κ1) is 21.9. The normalized spacial score (nSPS) is 13.1. The van der Waals surface area contributed by atoms with E-state index in [4.69, 9.17) is 4.74 Å². The molecule has 0 spiro atoms. The van der Waals surface area contributed by atoms with E-state index in [1.165, 1.54) is 18.9 Å². The van der Waals surface area contributed by atoms with Crippen LogP contribution in [-0.2, 0) is 20.9 Å². The average Bonchev–Trinajstić information content (AvgIpc) is 2.71. The molecule has 2 atom stereocenters. The van der Waals surface area contributed by atoms with Gasteiger partial charge in [0, 0.05) is 6.54 Å². The smallest absolute Gasteiger partial charge is 0.328 e. The van der Waals surface area contributed by atoms with Crippen molar-refractivity contribution < 1.29 is 14.3 Å². The summed E-state index contributed by atoms with van der Waals surface area (Å²) >= 11 is 1.19. The second-order valence-electron chi connectivity index (χ2n) is 6.61. The maximum Gasteiger partial charge on any atom is 0.328 e. The molecule has 2 aromatic rings. The third kappa shape index (κ3) is 5.13. The zero-order chi connectivity index (χ0) is 20.7. The summed E-state index contributed by atoms with van der Waals surface area (Å²) in [6.07, 6.45) is 1.51. The summed E-state index contributed by atoms with van der Waals surface area (Å²) in [5, 5.41) is 3.80. The molecule has 0 fully saturated rings. The molecule has 1 N–H and O–H groups in total. The minimum atomic E-state index is -0.689. The van der Waals surface area contributed by atoms with Gasteiger partial charge in [-0.25, -0.2) is 9.78 Å². The second kappa shape index (κ2) is 10.3. The molecule has 1 amide bonds. The van der Waals surface area contributed by atoms with Gasteiger partial charge in [-0.05, 0) is 24.5 Å². The van der Waals surface area contributed by atoms with Crippen LogP contribution in [0.1, 0.15) is 33.6 Å². The van der Waals surface area contributed by atoms with Gasteiger partial charge >= 0.3 is 5.97 Å². The van der Waals surface area contributed by atoms with Crippen molar-refractivity contribution in [1.82, 2.24) is 14.9 Å². The molecule has 0 bridgehead atoms. The van der Waals surface area contributed by atoms with Crippen LogP contribution in [0.4, 0.5) is 0 Å². The molecule has 1 aromatic carbocycles. The number of hydrogen-bond donors (Lipinski definition) is 1. The number of thioether (sulfide) groups is 1. The van der Waals surface area contributed by atoms with E-state index in [0.717, 1.165) is 12.8 Å². The Morgan fingerprint density at radius 1 is 1.29 bits per heavy atom. The number of para-hydroxylation sites is 1. The highest BCUT2D eigenvalue weighted by molar-refractivity contribution is 7.99. The number of hydrogen-bond acceptors (Lipinski definition) is 6. The van der Waals surface area contributed by atoms with Gasteiger partial charge in [0.2, 0.25) is 5.91 Å². The van der Waals surface area contributed by atoms with Gasteiger partial charge in [0.25, 0.3) is 5.56 Å². The number of benzene rings is 1. The van der Waals surface area contributed by atoms with Crippen LogP contribution >= 0.6 is 11.8 Å². The molecule has 1 heterocycles. The summed E-state index contributed by atoms with van der Waals surface area (Å²) in [5.74, 6) is -0.748. The average molecular weight is 406 g/mol. The minimum Gasteiger partial charge on any atom is -0.467 e. The van der Waals surface area contributed by atoms with Crippen molar-refractivity contribution in [3.8, 4) is 0 Å². The third-order valence-corrected chi connectivity index (χ3v) is 5.57. The Balaban J connectivity index is 2.20. The first-order chi connectivity index (χ1) is 13.4. The standard InChI is InChI=1S/C20H27N3O4S/c1-5-11-23-18(25)14-9-7-8-10-15(14)21-20(23)28-12-16(24)22-17(13(3)6-2)19(26)27-4/h7-10,13,17H,5-6,11-12H2,1-4H3,(H,22,24)/t13-,17+/m0/s1.